The number of amides is 1. The Morgan fingerprint density at radius 3 is 2.52 bits per heavy atom. The molecule has 134 valence electrons. The molecule has 2 aromatic carbocycles. The van der Waals surface area contributed by atoms with Crippen molar-refractivity contribution in [1.29, 1.82) is 0 Å². The first-order valence-corrected chi connectivity index (χ1v) is 7.51. The predicted octanol–water partition coefficient (Wildman–Crippen LogP) is 4.78. The molecule has 7 heteroatoms. The van der Waals surface area contributed by atoms with E-state index in [2.05, 4.69) is 4.74 Å². The van der Waals surface area contributed by atoms with Gasteiger partial charge in [0.15, 0.2) is 0 Å². The number of nitrogens with zero attached hydrogens (tertiary/aromatic N) is 1. The van der Waals surface area contributed by atoms with Crippen LogP contribution in [0.15, 0.2) is 36.4 Å². The van der Waals surface area contributed by atoms with E-state index in [1.54, 1.807) is 6.07 Å². The van der Waals surface area contributed by atoms with Crippen LogP contribution in [0.5, 0.6) is 5.75 Å². The molecule has 0 saturated heterocycles. The summed E-state index contributed by atoms with van der Waals surface area (Å²) in [5.74, 6) is 0.585. The lowest BCUT2D eigenvalue weighted by atomic mass is 10.1. The number of benzene rings is 2. The highest BCUT2D eigenvalue weighted by Gasteiger charge is 2.20. The van der Waals surface area contributed by atoms with E-state index in [9.17, 15) is 18.8 Å². The van der Waals surface area contributed by atoms with Gasteiger partial charge in [0.05, 0.1) is 12.8 Å². The summed E-state index contributed by atoms with van der Waals surface area (Å²) in [6.45, 7) is 3.71. The Balaban J connectivity index is 2.32. The third-order valence-electron chi connectivity index (χ3n) is 3.64. The second-order valence-electron chi connectivity index (χ2n) is 5.53. The van der Waals surface area contributed by atoms with Crippen LogP contribution in [-0.4, -0.2) is 18.4 Å². The maximum atomic E-state index is 13.0. The molecule has 0 unspecified atom stereocenters. The Kier molecular flexibility index (Phi) is 5.93. The summed E-state index contributed by atoms with van der Waals surface area (Å²) in [5, 5.41) is 10.2. The molecule has 0 heterocycles. The van der Waals surface area contributed by atoms with Crippen molar-refractivity contribution >= 4 is 11.8 Å². The SMILES string of the molecule is COC(=O)N(O)c1ccc(C(F)F)cc1COc1ccc(C)cc1C. The second kappa shape index (κ2) is 7.94. The zero-order chi connectivity index (χ0) is 18.6. The number of methoxy groups -OCH3 is 1. The number of alkyl halides is 2. The van der Waals surface area contributed by atoms with Crippen LogP contribution in [-0.2, 0) is 11.3 Å². The first-order chi connectivity index (χ1) is 11.8. The number of carbonyl (C=O) groups is 1. The minimum absolute atomic E-state index is 0.0148. The monoisotopic (exact) mass is 351 g/mol. The number of hydrogen-bond donors (Lipinski definition) is 1. The molecule has 0 saturated carbocycles. The minimum atomic E-state index is -2.68. The molecule has 0 aliphatic carbocycles. The van der Waals surface area contributed by atoms with Crippen molar-refractivity contribution in [2.45, 2.75) is 26.9 Å². The van der Waals surface area contributed by atoms with Crippen LogP contribution >= 0.6 is 0 Å². The number of aryl methyl sites for hydroxylation is 2. The number of rotatable bonds is 5. The van der Waals surface area contributed by atoms with Gasteiger partial charge in [0.2, 0.25) is 0 Å². The summed E-state index contributed by atoms with van der Waals surface area (Å²) in [6, 6.07) is 9.12. The Labute approximate surface area is 144 Å². The molecule has 1 amide bonds. The Morgan fingerprint density at radius 2 is 1.92 bits per heavy atom. The third-order valence-corrected chi connectivity index (χ3v) is 3.64. The van der Waals surface area contributed by atoms with Crippen molar-refractivity contribution in [3.8, 4) is 5.75 Å². The van der Waals surface area contributed by atoms with Gasteiger partial charge in [0.1, 0.15) is 12.4 Å². The highest BCUT2D eigenvalue weighted by molar-refractivity contribution is 5.85. The van der Waals surface area contributed by atoms with E-state index in [1.165, 1.54) is 12.1 Å². The molecule has 0 atom stereocenters. The molecule has 0 fully saturated rings. The summed E-state index contributed by atoms with van der Waals surface area (Å²) in [7, 11) is 1.10. The molecule has 0 aromatic heterocycles. The van der Waals surface area contributed by atoms with Crippen molar-refractivity contribution in [2.24, 2.45) is 0 Å². The molecule has 0 aliphatic heterocycles. The minimum Gasteiger partial charge on any atom is -0.489 e. The number of ether oxygens (including phenoxy) is 2. The Bertz CT molecular complexity index is 765. The van der Waals surface area contributed by atoms with E-state index in [0.717, 1.165) is 24.3 Å². The standard InChI is InChI=1S/C18H19F2NO4/c1-11-4-7-16(12(2)8-11)25-10-14-9-13(17(19)20)5-6-15(14)21(23)18(22)24-3/h4-9,17,23H,10H2,1-3H3. The highest BCUT2D eigenvalue weighted by Crippen LogP contribution is 2.29. The van der Waals surface area contributed by atoms with Gasteiger partial charge in [-0.3, -0.25) is 5.21 Å². The molecular formula is C18H19F2NO4. The van der Waals surface area contributed by atoms with Crippen LogP contribution in [0.2, 0.25) is 0 Å². The van der Waals surface area contributed by atoms with Gasteiger partial charge in [-0.15, -0.1) is 0 Å². The maximum Gasteiger partial charge on any atom is 0.438 e. The first kappa shape index (κ1) is 18.7. The fourth-order valence-corrected chi connectivity index (χ4v) is 2.36. The lowest BCUT2D eigenvalue weighted by Gasteiger charge is -2.19. The molecule has 0 aliphatic rings. The predicted molar refractivity (Wildman–Crippen MR) is 88.3 cm³/mol. The van der Waals surface area contributed by atoms with E-state index < -0.39 is 12.5 Å². The largest absolute Gasteiger partial charge is 0.489 e. The van der Waals surface area contributed by atoms with Gasteiger partial charge in [-0.25, -0.2) is 13.6 Å². The van der Waals surface area contributed by atoms with E-state index in [1.807, 2.05) is 26.0 Å². The lowest BCUT2D eigenvalue weighted by molar-refractivity contribution is 0.140. The van der Waals surface area contributed by atoms with Gasteiger partial charge in [-0.2, -0.15) is 5.06 Å². The summed E-state index contributed by atoms with van der Waals surface area (Å²) >= 11 is 0. The Morgan fingerprint density at radius 1 is 1.20 bits per heavy atom. The number of carbonyl (C=O) groups excluding carboxylic acids is 1. The molecule has 0 bridgehead atoms. The van der Waals surface area contributed by atoms with Gasteiger partial charge in [-0.05, 0) is 37.6 Å². The van der Waals surface area contributed by atoms with Crippen LogP contribution in [0.25, 0.3) is 0 Å². The second-order valence-corrected chi connectivity index (χ2v) is 5.53. The van der Waals surface area contributed by atoms with Crippen LogP contribution in [0.1, 0.15) is 28.7 Å². The highest BCUT2D eigenvalue weighted by atomic mass is 19.3. The molecule has 25 heavy (non-hydrogen) atoms. The van der Waals surface area contributed by atoms with Crippen molar-refractivity contribution in [2.75, 3.05) is 12.2 Å². The van der Waals surface area contributed by atoms with Crippen molar-refractivity contribution in [1.82, 2.24) is 0 Å². The molecule has 0 spiro atoms. The average Bonchev–Trinajstić information content (AvgIpc) is 2.59. The molecular weight excluding hydrogens is 332 g/mol. The van der Waals surface area contributed by atoms with Crippen LogP contribution in [0.4, 0.5) is 19.3 Å². The summed E-state index contributed by atoms with van der Waals surface area (Å²) in [4.78, 5) is 11.5. The normalized spacial score (nSPS) is 10.7. The molecule has 0 radical (unpaired) electrons. The fourth-order valence-electron chi connectivity index (χ4n) is 2.36. The number of anilines is 1. The molecule has 1 N–H and O–H groups in total. The zero-order valence-corrected chi connectivity index (χ0v) is 14.1. The smallest absolute Gasteiger partial charge is 0.438 e. The van der Waals surface area contributed by atoms with Crippen molar-refractivity contribution in [3.05, 3.63) is 58.7 Å². The summed E-state index contributed by atoms with van der Waals surface area (Å²) in [6.07, 6.45) is -3.71. The molecule has 2 rings (SSSR count). The third kappa shape index (κ3) is 4.45. The van der Waals surface area contributed by atoms with E-state index in [0.29, 0.717) is 5.75 Å². The van der Waals surface area contributed by atoms with Gasteiger partial charge < -0.3 is 9.47 Å². The quantitative estimate of drug-likeness (QED) is 0.622. The van der Waals surface area contributed by atoms with Gasteiger partial charge >= 0.3 is 6.09 Å². The Hall–Kier alpha value is -2.67. The van der Waals surface area contributed by atoms with Gasteiger partial charge in [0, 0.05) is 11.1 Å². The fraction of sp³-hybridized carbons (Fsp3) is 0.278. The van der Waals surface area contributed by atoms with Crippen LogP contribution in [0, 0.1) is 13.8 Å². The number of halogens is 2. The summed E-state index contributed by atoms with van der Waals surface area (Å²) in [5.41, 5.74) is 1.96. The van der Waals surface area contributed by atoms with Crippen LogP contribution in [0.3, 0.4) is 0 Å². The topological polar surface area (TPSA) is 59.0 Å². The van der Waals surface area contributed by atoms with E-state index in [4.69, 9.17) is 4.74 Å². The average molecular weight is 351 g/mol. The van der Waals surface area contributed by atoms with Crippen LogP contribution < -0.4 is 9.80 Å². The van der Waals surface area contributed by atoms with E-state index in [-0.39, 0.29) is 28.5 Å². The first-order valence-electron chi connectivity index (χ1n) is 7.51. The number of hydroxylamine groups is 1. The number of hydrogen-bond acceptors (Lipinski definition) is 4. The van der Waals surface area contributed by atoms with E-state index >= 15 is 0 Å². The molecule has 5 nitrogen and oxygen atoms in total. The lowest BCUT2D eigenvalue weighted by Crippen LogP contribution is -2.28. The summed E-state index contributed by atoms with van der Waals surface area (Å²) < 4.78 is 36.1. The maximum absolute atomic E-state index is 13.0. The van der Waals surface area contributed by atoms with Gasteiger partial charge in [-0.1, -0.05) is 23.8 Å². The zero-order valence-electron chi connectivity index (χ0n) is 14.1. The molecule has 2 aromatic rings. The van der Waals surface area contributed by atoms with Crippen molar-refractivity contribution in [3.63, 3.8) is 0 Å². The van der Waals surface area contributed by atoms with Crippen molar-refractivity contribution < 1.29 is 28.3 Å². The van der Waals surface area contributed by atoms with Gasteiger partial charge in [0.25, 0.3) is 6.43 Å².